The Morgan fingerprint density at radius 2 is 2.23 bits per heavy atom. The topological polar surface area (TPSA) is 80.3 Å². The summed E-state index contributed by atoms with van der Waals surface area (Å²) in [7, 11) is 3.99. The van der Waals surface area contributed by atoms with Gasteiger partial charge in [0.1, 0.15) is 11.2 Å². The lowest BCUT2D eigenvalue weighted by Gasteiger charge is -2.08. The Kier molecular flexibility index (Phi) is 3.90. The third kappa shape index (κ3) is 2.85. The maximum atomic E-state index is 12.3. The molecule has 0 aliphatic carbocycles. The van der Waals surface area contributed by atoms with Gasteiger partial charge in [0.2, 0.25) is 5.95 Å². The number of hydrogen-bond donors (Lipinski definition) is 1. The van der Waals surface area contributed by atoms with Gasteiger partial charge in [0, 0.05) is 24.6 Å². The van der Waals surface area contributed by atoms with E-state index in [-0.39, 0.29) is 5.91 Å². The quantitative estimate of drug-likeness (QED) is 0.762. The third-order valence-electron chi connectivity index (χ3n) is 3.23. The molecule has 3 heterocycles. The van der Waals surface area contributed by atoms with Crippen LogP contribution in [0.4, 0.5) is 5.95 Å². The number of aromatic nitrogens is 5. The normalized spacial score (nSPS) is 11.5. The number of fused-ring (bicyclic) bond motifs is 1. The Bertz CT molecular complexity index is 800. The van der Waals surface area contributed by atoms with Crippen molar-refractivity contribution >= 4 is 28.2 Å². The van der Waals surface area contributed by atoms with E-state index in [1.165, 1.54) is 11.3 Å². The zero-order valence-electron chi connectivity index (χ0n) is 12.6. The van der Waals surface area contributed by atoms with E-state index in [0.717, 1.165) is 23.7 Å². The van der Waals surface area contributed by atoms with E-state index in [1.807, 2.05) is 31.6 Å². The highest BCUT2D eigenvalue weighted by molar-refractivity contribution is 7.19. The van der Waals surface area contributed by atoms with Crippen molar-refractivity contribution in [1.29, 1.82) is 0 Å². The standard InChI is InChI=1S/C13H17N7OS/c1-9-10(22-13-14-4-5-20(9)13)11(21)16-12-15-8-19(17-12)7-6-18(2)3/h4-5,8H,6-7H2,1-3H3,(H,16,17,21). The van der Waals surface area contributed by atoms with Gasteiger partial charge in [-0.25, -0.2) is 14.6 Å². The molecule has 3 aromatic rings. The Morgan fingerprint density at radius 1 is 1.41 bits per heavy atom. The molecule has 0 unspecified atom stereocenters. The van der Waals surface area contributed by atoms with Crippen LogP contribution in [0.25, 0.3) is 4.96 Å². The maximum Gasteiger partial charge on any atom is 0.270 e. The molecule has 3 rings (SSSR count). The van der Waals surface area contributed by atoms with Crippen LogP contribution in [0.1, 0.15) is 15.4 Å². The molecule has 0 bridgehead atoms. The molecular formula is C13H17N7OS. The molecule has 0 aliphatic rings. The average molecular weight is 319 g/mol. The second-order valence-electron chi connectivity index (χ2n) is 5.19. The summed E-state index contributed by atoms with van der Waals surface area (Å²) in [6, 6.07) is 0. The first-order chi connectivity index (χ1) is 10.5. The zero-order chi connectivity index (χ0) is 15.7. The Morgan fingerprint density at radius 3 is 2.95 bits per heavy atom. The first kappa shape index (κ1) is 14.7. The molecule has 9 heteroatoms. The predicted octanol–water partition coefficient (Wildman–Crippen LogP) is 1.11. The van der Waals surface area contributed by atoms with E-state index in [2.05, 4.69) is 25.3 Å². The van der Waals surface area contributed by atoms with Gasteiger partial charge < -0.3 is 4.90 Å². The number of likely N-dealkylation sites (N-methyl/N-ethyl adjacent to an activating group) is 1. The van der Waals surface area contributed by atoms with Crippen LogP contribution >= 0.6 is 11.3 Å². The van der Waals surface area contributed by atoms with E-state index >= 15 is 0 Å². The number of rotatable bonds is 5. The summed E-state index contributed by atoms with van der Waals surface area (Å²) in [5.41, 5.74) is 0.863. The minimum Gasteiger partial charge on any atom is -0.308 e. The van der Waals surface area contributed by atoms with Gasteiger partial charge in [-0.15, -0.1) is 5.10 Å². The van der Waals surface area contributed by atoms with Gasteiger partial charge in [0.25, 0.3) is 5.91 Å². The molecule has 8 nitrogen and oxygen atoms in total. The average Bonchev–Trinajstić information content (AvgIpc) is 3.15. The van der Waals surface area contributed by atoms with Crippen molar-refractivity contribution < 1.29 is 4.79 Å². The fourth-order valence-electron chi connectivity index (χ4n) is 2.03. The largest absolute Gasteiger partial charge is 0.308 e. The van der Waals surface area contributed by atoms with Gasteiger partial charge in [-0.2, -0.15) is 0 Å². The predicted molar refractivity (Wildman–Crippen MR) is 84.3 cm³/mol. The first-order valence-electron chi connectivity index (χ1n) is 6.82. The summed E-state index contributed by atoms with van der Waals surface area (Å²) < 4.78 is 3.60. The summed E-state index contributed by atoms with van der Waals surface area (Å²) in [4.78, 5) is 24.1. The van der Waals surface area contributed by atoms with Crippen molar-refractivity contribution in [3.63, 3.8) is 0 Å². The molecule has 0 fully saturated rings. The summed E-state index contributed by atoms with van der Waals surface area (Å²) in [5.74, 6) is 0.104. The number of amides is 1. The van der Waals surface area contributed by atoms with Crippen LogP contribution in [0.15, 0.2) is 18.7 Å². The van der Waals surface area contributed by atoms with Crippen LogP contribution < -0.4 is 5.32 Å². The van der Waals surface area contributed by atoms with Crippen LogP contribution in [-0.4, -0.2) is 55.6 Å². The second kappa shape index (κ2) is 5.85. The van der Waals surface area contributed by atoms with Gasteiger partial charge in [-0.05, 0) is 21.0 Å². The molecule has 0 atom stereocenters. The summed E-state index contributed by atoms with van der Waals surface area (Å²) in [6.07, 6.45) is 5.17. The molecule has 116 valence electrons. The number of aryl methyl sites for hydroxylation is 1. The van der Waals surface area contributed by atoms with E-state index in [4.69, 9.17) is 0 Å². The minimum atomic E-state index is -0.210. The first-order valence-corrected chi connectivity index (χ1v) is 7.64. The maximum absolute atomic E-state index is 12.3. The van der Waals surface area contributed by atoms with Crippen molar-refractivity contribution in [1.82, 2.24) is 29.0 Å². The van der Waals surface area contributed by atoms with Crippen molar-refractivity contribution in [2.45, 2.75) is 13.5 Å². The lowest BCUT2D eigenvalue weighted by molar-refractivity contribution is 0.102. The molecule has 1 N–H and O–H groups in total. The molecule has 0 spiro atoms. The SMILES string of the molecule is Cc1c(C(=O)Nc2ncn(CCN(C)C)n2)sc2nccn12. The van der Waals surface area contributed by atoms with Crippen molar-refractivity contribution in [3.05, 3.63) is 29.3 Å². The fourth-order valence-corrected chi connectivity index (χ4v) is 3.01. The molecule has 0 aromatic carbocycles. The molecule has 1 amide bonds. The van der Waals surface area contributed by atoms with Crippen LogP contribution in [0.5, 0.6) is 0 Å². The second-order valence-corrected chi connectivity index (χ2v) is 6.16. The number of hydrogen-bond acceptors (Lipinski definition) is 6. The van der Waals surface area contributed by atoms with Crippen LogP contribution in [0.3, 0.4) is 0 Å². The van der Waals surface area contributed by atoms with Crippen molar-refractivity contribution in [3.8, 4) is 0 Å². The highest BCUT2D eigenvalue weighted by atomic mass is 32.1. The lowest BCUT2D eigenvalue weighted by Crippen LogP contribution is -2.19. The number of carbonyl (C=O) groups is 1. The summed E-state index contributed by atoms with van der Waals surface area (Å²) in [6.45, 7) is 3.48. The minimum absolute atomic E-state index is 0.210. The highest BCUT2D eigenvalue weighted by Crippen LogP contribution is 2.22. The van der Waals surface area contributed by atoms with Gasteiger partial charge in [0.15, 0.2) is 4.96 Å². The van der Waals surface area contributed by atoms with Gasteiger partial charge in [-0.3, -0.25) is 14.5 Å². The van der Waals surface area contributed by atoms with Crippen LogP contribution in [0.2, 0.25) is 0 Å². The smallest absolute Gasteiger partial charge is 0.270 e. The van der Waals surface area contributed by atoms with Gasteiger partial charge in [0.05, 0.1) is 6.54 Å². The van der Waals surface area contributed by atoms with Gasteiger partial charge >= 0.3 is 0 Å². The molecule has 0 saturated carbocycles. The third-order valence-corrected chi connectivity index (χ3v) is 4.40. The Hall–Kier alpha value is -2.26. The number of thiazole rings is 1. The zero-order valence-corrected chi connectivity index (χ0v) is 13.5. The number of carbonyl (C=O) groups excluding carboxylic acids is 1. The molecule has 22 heavy (non-hydrogen) atoms. The highest BCUT2D eigenvalue weighted by Gasteiger charge is 2.17. The summed E-state index contributed by atoms with van der Waals surface area (Å²) >= 11 is 1.35. The Balaban J connectivity index is 1.71. The van der Waals surface area contributed by atoms with Crippen LogP contribution in [-0.2, 0) is 6.54 Å². The molecule has 0 radical (unpaired) electrons. The monoisotopic (exact) mass is 319 g/mol. The van der Waals surface area contributed by atoms with Gasteiger partial charge in [-0.1, -0.05) is 11.3 Å². The van der Waals surface area contributed by atoms with Crippen LogP contribution in [0, 0.1) is 6.92 Å². The molecular weight excluding hydrogens is 302 g/mol. The number of nitrogens with zero attached hydrogens (tertiary/aromatic N) is 6. The molecule has 0 saturated heterocycles. The van der Waals surface area contributed by atoms with E-state index in [1.54, 1.807) is 17.2 Å². The Labute approximate surface area is 131 Å². The molecule has 0 aliphatic heterocycles. The number of imidazole rings is 1. The van der Waals surface area contributed by atoms with Crippen molar-refractivity contribution in [2.75, 3.05) is 26.0 Å². The number of nitrogens with one attached hydrogen (secondary N) is 1. The number of anilines is 1. The summed E-state index contributed by atoms with van der Waals surface area (Å²) in [5, 5.41) is 6.98. The van der Waals surface area contributed by atoms with Crippen molar-refractivity contribution in [2.24, 2.45) is 0 Å². The van der Waals surface area contributed by atoms with E-state index < -0.39 is 0 Å². The fraction of sp³-hybridized carbons (Fsp3) is 0.385. The van der Waals surface area contributed by atoms with E-state index in [0.29, 0.717) is 10.8 Å². The van der Waals surface area contributed by atoms with E-state index in [9.17, 15) is 4.79 Å². The molecule has 3 aromatic heterocycles. The lowest BCUT2D eigenvalue weighted by atomic mass is 10.4.